The molecule has 0 saturated heterocycles. The Morgan fingerprint density at radius 3 is 2.00 bits per heavy atom. The van der Waals surface area contributed by atoms with E-state index in [-0.39, 0.29) is 10.6 Å². The summed E-state index contributed by atoms with van der Waals surface area (Å²) in [5, 5.41) is 20.5. The molecule has 1 atom stereocenters. The second-order valence-corrected chi connectivity index (χ2v) is 4.20. The molecule has 0 bridgehead atoms. The standard InChI is InChI=1S/C14H20N2O5/c1-16(17)12-9-14(21-7-5-19-3)13(8-11(12)10-15)20-6-4-18-2/h8-9,16H,4-7H2,1-3H3. The van der Waals surface area contributed by atoms with Gasteiger partial charge in [0.2, 0.25) is 0 Å². The maximum atomic E-state index is 11.6. The number of nitriles is 1. The fourth-order valence-corrected chi connectivity index (χ4v) is 1.64. The zero-order chi connectivity index (χ0) is 15.7. The van der Waals surface area contributed by atoms with Crippen LogP contribution >= 0.6 is 0 Å². The molecule has 1 rings (SSSR count). The van der Waals surface area contributed by atoms with Gasteiger partial charge in [0, 0.05) is 26.4 Å². The van der Waals surface area contributed by atoms with Crippen LogP contribution in [0.4, 0.5) is 5.69 Å². The number of methoxy groups -OCH3 is 2. The Hall–Kier alpha value is -1.85. The number of hydroxylamine groups is 1. The molecule has 116 valence electrons. The van der Waals surface area contributed by atoms with Gasteiger partial charge in [0.25, 0.3) is 0 Å². The van der Waals surface area contributed by atoms with Gasteiger partial charge >= 0.3 is 0 Å². The monoisotopic (exact) mass is 296 g/mol. The maximum Gasteiger partial charge on any atom is 0.167 e. The molecular weight excluding hydrogens is 276 g/mol. The molecule has 0 fully saturated rings. The van der Waals surface area contributed by atoms with E-state index >= 15 is 0 Å². The summed E-state index contributed by atoms with van der Waals surface area (Å²) in [6.07, 6.45) is 0. The van der Waals surface area contributed by atoms with Crippen LogP contribution in [0.5, 0.6) is 11.5 Å². The molecule has 1 aromatic rings. The Kier molecular flexibility index (Phi) is 7.50. The minimum absolute atomic E-state index is 0.202. The highest BCUT2D eigenvalue weighted by molar-refractivity contribution is 5.58. The average Bonchev–Trinajstić information content (AvgIpc) is 2.48. The van der Waals surface area contributed by atoms with E-state index in [0.717, 1.165) is 0 Å². The molecule has 0 amide bonds. The van der Waals surface area contributed by atoms with E-state index in [2.05, 4.69) is 0 Å². The molecule has 0 heterocycles. The van der Waals surface area contributed by atoms with E-state index in [0.29, 0.717) is 43.6 Å². The Morgan fingerprint density at radius 2 is 1.57 bits per heavy atom. The van der Waals surface area contributed by atoms with Gasteiger partial charge in [-0.3, -0.25) is 0 Å². The van der Waals surface area contributed by atoms with Crippen molar-refractivity contribution in [1.29, 1.82) is 5.26 Å². The Balaban J connectivity index is 3.02. The Labute approximate surface area is 124 Å². The van der Waals surface area contributed by atoms with E-state index in [9.17, 15) is 5.21 Å². The van der Waals surface area contributed by atoms with Crippen LogP contribution in [0.2, 0.25) is 0 Å². The van der Waals surface area contributed by atoms with Gasteiger partial charge in [0.05, 0.1) is 20.3 Å². The van der Waals surface area contributed by atoms with Crippen LogP contribution < -0.4 is 14.5 Å². The third-order valence-corrected chi connectivity index (χ3v) is 2.67. The molecule has 0 saturated carbocycles. The van der Waals surface area contributed by atoms with E-state index in [1.807, 2.05) is 6.07 Å². The van der Waals surface area contributed by atoms with Gasteiger partial charge in [0.15, 0.2) is 17.2 Å². The van der Waals surface area contributed by atoms with Gasteiger partial charge in [0.1, 0.15) is 24.8 Å². The molecule has 0 spiro atoms. The molecule has 1 unspecified atom stereocenters. The van der Waals surface area contributed by atoms with Crippen molar-refractivity contribution in [1.82, 2.24) is 0 Å². The van der Waals surface area contributed by atoms with Gasteiger partial charge in [-0.2, -0.15) is 5.26 Å². The molecule has 1 N–H and O–H groups in total. The van der Waals surface area contributed by atoms with E-state index < -0.39 is 0 Å². The van der Waals surface area contributed by atoms with Crippen molar-refractivity contribution in [2.45, 2.75) is 0 Å². The van der Waals surface area contributed by atoms with Gasteiger partial charge in [-0.05, 0) is 0 Å². The molecule has 7 heteroatoms. The van der Waals surface area contributed by atoms with Crippen molar-refractivity contribution < 1.29 is 24.0 Å². The maximum absolute atomic E-state index is 11.6. The van der Waals surface area contributed by atoms with Crippen LogP contribution in [-0.4, -0.2) is 47.7 Å². The molecule has 21 heavy (non-hydrogen) atoms. The predicted molar refractivity (Wildman–Crippen MR) is 75.8 cm³/mol. The molecule has 0 aliphatic rings. The molecule has 0 aromatic heterocycles. The number of nitrogens with zero attached hydrogens (tertiary/aromatic N) is 1. The van der Waals surface area contributed by atoms with Crippen LogP contribution in [0.1, 0.15) is 5.56 Å². The molecular formula is C14H20N2O5. The highest BCUT2D eigenvalue weighted by Crippen LogP contribution is 2.32. The Morgan fingerprint density at radius 1 is 1.05 bits per heavy atom. The lowest BCUT2D eigenvalue weighted by atomic mass is 10.1. The Bertz CT molecular complexity index is 485. The fourth-order valence-electron chi connectivity index (χ4n) is 1.64. The third kappa shape index (κ3) is 5.21. The number of quaternary nitrogens is 1. The fraction of sp³-hybridized carbons (Fsp3) is 0.500. The first-order chi connectivity index (χ1) is 10.1. The van der Waals surface area contributed by atoms with Gasteiger partial charge in [-0.1, -0.05) is 0 Å². The number of hydrogen-bond donors (Lipinski definition) is 1. The summed E-state index contributed by atoms with van der Waals surface area (Å²) in [4.78, 5) is 0. The summed E-state index contributed by atoms with van der Waals surface area (Å²) < 4.78 is 20.9. The summed E-state index contributed by atoms with van der Waals surface area (Å²) in [5.74, 6) is 0.817. The first-order valence-corrected chi connectivity index (χ1v) is 6.46. The lowest BCUT2D eigenvalue weighted by molar-refractivity contribution is -0.751. The van der Waals surface area contributed by atoms with Crippen LogP contribution in [-0.2, 0) is 9.47 Å². The third-order valence-electron chi connectivity index (χ3n) is 2.67. The number of ether oxygens (including phenoxy) is 4. The van der Waals surface area contributed by atoms with E-state index in [1.54, 1.807) is 14.2 Å². The highest BCUT2D eigenvalue weighted by atomic mass is 16.5. The molecule has 0 aliphatic carbocycles. The van der Waals surface area contributed by atoms with Gasteiger partial charge in [-0.15, -0.1) is 0 Å². The predicted octanol–water partition coefficient (Wildman–Crippen LogP) is 0.253. The van der Waals surface area contributed by atoms with Gasteiger partial charge in [-0.25, -0.2) is 0 Å². The first-order valence-electron chi connectivity index (χ1n) is 6.46. The zero-order valence-corrected chi connectivity index (χ0v) is 12.5. The van der Waals surface area contributed by atoms with Crippen LogP contribution in [0.3, 0.4) is 0 Å². The molecule has 0 radical (unpaired) electrons. The van der Waals surface area contributed by atoms with E-state index in [1.165, 1.54) is 19.2 Å². The lowest BCUT2D eigenvalue weighted by Gasteiger charge is -2.20. The second kappa shape index (κ2) is 9.15. The quantitative estimate of drug-likeness (QED) is 0.519. The van der Waals surface area contributed by atoms with Crippen molar-refractivity contribution >= 4 is 5.69 Å². The number of rotatable bonds is 9. The first kappa shape index (κ1) is 17.2. The lowest BCUT2D eigenvalue weighted by Crippen LogP contribution is -2.98. The largest absolute Gasteiger partial charge is 0.629 e. The number of benzene rings is 1. The topological polar surface area (TPSA) is 88.2 Å². The number of hydrogen-bond acceptors (Lipinski definition) is 6. The highest BCUT2D eigenvalue weighted by Gasteiger charge is 2.15. The number of nitrogens with one attached hydrogen (secondary N) is 1. The van der Waals surface area contributed by atoms with Gasteiger partial charge < -0.3 is 29.2 Å². The minimum Gasteiger partial charge on any atom is -0.629 e. The van der Waals surface area contributed by atoms with Crippen molar-refractivity contribution in [3.63, 3.8) is 0 Å². The van der Waals surface area contributed by atoms with Crippen molar-refractivity contribution in [2.24, 2.45) is 0 Å². The van der Waals surface area contributed by atoms with E-state index in [4.69, 9.17) is 24.2 Å². The minimum atomic E-state index is -0.202. The zero-order valence-electron chi connectivity index (χ0n) is 12.5. The van der Waals surface area contributed by atoms with Crippen molar-refractivity contribution in [3.05, 3.63) is 22.9 Å². The van der Waals surface area contributed by atoms with Crippen LogP contribution in [0, 0.1) is 16.5 Å². The normalized spacial score (nSPS) is 11.8. The smallest absolute Gasteiger partial charge is 0.167 e. The molecule has 1 aromatic carbocycles. The average molecular weight is 296 g/mol. The van der Waals surface area contributed by atoms with Crippen molar-refractivity contribution in [3.8, 4) is 17.6 Å². The SMILES string of the molecule is COCCOc1cc(C#N)c([NH+](C)[O-])cc1OCCOC. The summed E-state index contributed by atoms with van der Waals surface area (Å²) in [5.41, 5.74) is 0.568. The molecule has 0 aliphatic heterocycles. The summed E-state index contributed by atoms with van der Waals surface area (Å²) >= 11 is 0. The second-order valence-electron chi connectivity index (χ2n) is 4.20. The summed E-state index contributed by atoms with van der Waals surface area (Å²) in [6.45, 7) is 1.46. The van der Waals surface area contributed by atoms with Crippen LogP contribution in [0.25, 0.3) is 0 Å². The van der Waals surface area contributed by atoms with Crippen molar-refractivity contribution in [2.75, 3.05) is 47.7 Å². The summed E-state index contributed by atoms with van der Waals surface area (Å²) in [6, 6.07) is 5.02. The molecule has 7 nitrogen and oxygen atoms in total. The van der Waals surface area contributed by atoms with Crippen LogP contribution in [0.15, 0.2) is 12.1 Å². The summed E-state index contributed by atoms with van der Waals surface area (Å²) in [7, 11) is 4.54.